The largest absolute Gasteiger partial charge is 0.461 e. The van der Waals surface area contributed by atoms with Crippen molar-refractivity contribution >= 4 is 35.3 Å². The lowest BCUT2D eigenvalue weighted by Crippen LogP contribution is -2.14. The normalized spacial score (nSPS) is 14.3. The molecule has 1 heterocycles. The number of hydrogen-bond acceptors (Lipinski definition) is 3. The average molecular weight is 572 g/mol. The van der Waals surface area contributed by atoms with Gasteiger partial charge in [0.1, 0.15) is 11.5 Å². The number of nitrogens with zero attached hydrogens (tertiary/aromatic N) is 3. The van der Waals surface area contributed by atoms with Gasteiger partial charge in [-0.2, -0.15) is 0 Å². The van der Waals surface area contributed by atoms with Crippen molar-refractivity contribution < 1.29 is 4.74 Å². The molecule has 0 radical (unpaired) electrons. The first kappa shape index (κ1) is 29.6. The van der Waals surface area contributed by atoms with E-state index in [1.807, 2.05) is 51.1 Å². The lowest BCUT2D eigenvalue weighted by molar-refractivity contribution is 0.223. The molecule has 0 amide bonds. The molecule has 1 aliphatic heterocycles. The molecule has 0 saturated heterocycles. The summed E-state index contributed by atoms with van der Waals surface area (Å²) in [5, 5.41) is 9.38. The number of ether oxygens (including phenoxy) is 1. The van der Waals surface area contributed by atoms with Crippen LogP contribution in [0.1, 0.15) is 37.5 Å². The van der Waals surface area contributed by atoms with Crippen molar-refractivity contribution in [3.63, 3.8) is 0 Å². The van der Waals surface area contributed by atoms with Gasteiger partial charge in [0.05, 0.1) is 12.6 Å². The predicted octanol–water partition coefficient (Wildman–Crippen LogP) is 10.9. The summed E-state index contributed by atoms with van der Waals surface area (Å²) in [5.41, 5.74) is 6.90. The Bertz CT molecular complexity index is 1780. The summed E-state index contributed by atoms with van der Waals surface area (Å²) in [7, 11) is 0. The van der Waals surface area contributed by atoms with Gasteiger partial charge in [-0.15, -0.1) is 0 Å². The first-order valence-corrected chi connectivity index (χ1v) is 14.4. The number of para-hydroxylation sites is 2. The average Bonchev–Trinajstić information content (AvgIpc) is 3.05. The number of hydrogen-bond donors (Lipinski definition) is 0. The molecule has 0 saturated carbocycles. The van der Waals surface area contributed by atoms with Crippen molar-refractivity contribution in [3.05, 3.63) is 178 Å². The number of anilines is 3. The molecule has 0 atom stereocenters. The van der Waals surface area contributed by atoms with Crippen molar-refractivity contribution in [1.29, 1.82) is 5.26 Å². The van der Waals surface area contributed by atoms with Gasteiger partial charge in [-0.1, -0.05) is 112 Å². The Morgan fingerprint density at radius 3 is 1.59 bits per heavy atom. The fourth-order valence-electron chi connectivity index (χ4n) is 4.69. The summed E-state index contributed by atoms with van der Waals surface area (Å²) in [6.45, 7) is 13.5. The highest BCUT2D eigenvalue weighted by Crippen LogP contribution is 2.35. The third kappa shape index (κ3) is 7.32. The molecule has 0 aliphatic carbocycles. The maximum Gasteiger partial charge on any atom is 0.269 e. The maximum atomic E-state index is 9.38. The fraction of sp³-hybridized carbons (Fsp3) is 0.100. The predicted molar refractivity (Wildman–Crippen MR) is 181 cm³/mol. The topological polar surface area (TPSA) is 40.6 Å². The van der Waals surface area contributed by atoms with Crippen LogP contribution in [-0.4, -0.2) is 0 Å². The van der Waals surface area contributed by atoms with Crippen LogP contribution < -0.4 is 4.90 Å². The van der Waals surface area contributed by atoms with Crippen molar-refractivity contribution in [2.75, 3.05) is 4.90 Å². The van der Waals surface area contributed by atoms with Crippen LogP contribution >= 0.6 is 0 Å². The Hall–Kier alpha value is -5.84. The van der Waals surface area contributed by atoms with Crippen molar-refractivity contribution in [2.45, 2.75) is 20.8 Å². The second kappa shape index (κ2) is 13.4. The van der Waals surface area contributed by atoms with Crippen LogP contribution in [-0.2, 0) is 4.74 Å². The van der Waals surface area contributed by atoms with Crippen LogP contribution in [0.15, 0.2) is 150 Å². The Balaban J connectivity index is 1.29. The Kier molecular flexibility index (Phi) is 9.05. The minimum absolute atomic E-state index is 0.0523. The zero-order chi connectivity index (χ0) is 30.9. The van der Waals surface area contributed by atoms with Crippen LogP contribution in [0.5, 0.6) is 0 Å². The van der Waals surface area contributed by atoms with E-state index < -0.39 is 0 Å². The van der Waals surface area contributed by atoms with E-state index in [2.05, 4.69) is 119 Å². The number of benzene rings is 4. The summed E-state index contributed by atoms with van der Waals surface area (Å²) in [4.78, 5) is 5.63. The molecular weight excluding hydrogens is 538 g/mol. The molecule has 0 N–H and O–H groups in total. The van der Waals surface area contributed by atoms with Crippen molar-refractivity contribution in [3.8, 4) is 6.07 Å². The number of rotatable bonds is 7. The molecular formula is C40H33N3O. The molecule has 4 aromatic rings. The number of allylic oxidation sites excluding steroid dienone is 6. The quantitative estimate of drug-likeness (QED) is 0.126. The van der Waals surface area contributed by atoms with Gasteiger partial charge in [-0.05, 0) is 76.9 Å². The molecule has 0 bridgehead atoms. The van der Waals surface area contributed by atoms with Crippen LogP contribution in [0.25, 0.3) is 23.1 Å². The van der Waals surface area contributed by atoms with E-state index in [9.17, 15) is 5.26 Å². The zero-order valence-corrected chi connectivity index (χ0v) is 25.1. The minimum atomic E-state index is -0.265. The molecule has 0 fully saturated rings. The third-order valence-electron chi connectivity index (χ3n) is 7.07. The van der Waals surface area contributed by atoms with Crippen LogP contribution in [0.2, 0.25) is 0 Å². The Labute approximate surface area is 260 Å². The highest BCUT2D eigenvalue weighted by atomic mass is 16.5. The molecule has 44 heavy (non-hydrogen) atoms. The standard InChI is InChI=1S/C40H33N3O/c1-40(2,3)39-28-33(38(29-41)42-4)27-37(44-39)26-23-31-18-15-30(16-19-31)17-20-32-21-24-36(25-22-32)43(34-11-7-5-8-12-34)35-13-9-6-10-14-35/h5-28H,1-3H3/b20-17+,26-23+,38-33-. The molecule has 0 spiro atoms. The van der Waals surface area contributed by atoms with E-state index in [1.54, 1.807) is 12.2 Å². The lowest BCUT2D eigenvalue weighted by atomic mass is 9.91. The van der Waals surface area contributed by atoms with Gasteiger partial charge < -0.3 is 9.64 Å². The van der Waals surface area contributed by atoms with E-state index in [0.29, 0.717) is 17.1 Å². The highest BCUT2D eigenvalue weighted by Gasteiger charge is 2.24. The van der Waals surface area contributed by atoms with E-state index in [-0.39, 0.29) is 11.1 Å². The first-order valence-electron chi connectivity index (χ1n) is 14.4. The molecule has 214 valence electrons. The molecule has 1 aliphatic rings. The van der Waals surface area contributed by atoms with E-state index in [4.69, 9.17) is 11.3 Å². The summed E-state index contributed by atoms with van der Waals surface area (Å²) < 4.78 is 6.10. The SMILES string of the molecule is [C-]#[N+]/C(C#N)=C1C=C(/C=C/c2ccc(/C=C/c3ccc(N(c4ccccc4)c4ccccc4)cc3)cc2)OC(C(C)(C)C)=C/1. The van der Waals surface area contributed by atoms with Gasteiger partial charge >= 0.3 is 0 Å². The van der Waals surface area contributed by atoms with Crippen LogP contribution in [0, 0.1) is 23.3 Å². The minimum Gasteiger partial charge on any atom is -0.461 e. The van der Waals surface area contributed by atoms with Gasteiger partial charge in [0.25, 0.3) is 5.70 Å². The fourth-order valence-corrected chi connectivity index (χ4v) is 4.69. The second-order valence-electron chi connectivity index (χ2n) is 11.4. The van der Waals surface area contributed by atoms with Crippen molar-refractivity contribution in [1.82, 2.24) is 0 Å². The van der Waals surface area contributed by atoms with Gasteiger partial charge in [0.15, 0.2) is 0 Å². The van der Waals surface area contributed by atoms with Crippen LogP contribution in [0.4, 0.5) is 17.1 Å². The van der Waals surface area contributed by atoms with E-state index in [0.717, 1.165) is 33.8 Å². The summed E-state index contributed by atoms with van der Waals surface area (Å²) in [6.07, 6.45) is 11.6. The van der Waals surface area contributed by atoms with Gasteiger partial charge in [-0.25, -0.2) is 10.1 Å². The molecule has 4 aromatic carbocycles. The lowest BCUT2D eigenvalue weighted by Gasteiger charge is -2.26. The molecule has 0 aromatic heterocycles. The van der Waals surface area contributed by atoms with Crippen molar-refractivity contribution in [2.24, 2.45) is 5.41 Å². The Morgan fingerprint density at radius 2 is 1.14 bits per heavy atom. The third-order valence-corrected chi connectivity index (χ3v) is 7.07. The second-order valence-corrected chi connectivity index (χ2v) is 11.4. The Morgan fingerprint density at radius 1 is 0.682 bits per heavy atom. The van der Waals surface area contributed by atoms with E-state index in [1.165, 1.54) is 0 Å². The molecule has 4 nitrogen and oxygen atoms in total. The zero-order valence-electron chi connectivity index (χ0n) is 25.1. The smallest absolute Gasteiger partial charge is 0.269 e. The summed E-state index contributed by atoms with van der Waals surface area (Å²) in [6, 6.07) is 39.6. The summed E-state index contributed by atoms with van der Waals surface area (Å²) >= 11 is 0. The summed E-state index contributed by atoms with van der Waals surface area (Å²) in [5.74, 6) is 1.31. The first-order chi connectivity index (χ1) is 21.3. The monoisotopic (exact) mass is 571 g/mol. The molecule has 4 heteroatoms. The molecule has 5 rings (SSSR count). The van der Waals surface area contributed by atoms with Crippen LogP contribution in [0.3, 0.4) is 0 Å². The maximum absolute atomic E-state index is 9.38. The van der Waals surface area contributed by atoms with Gasteiger partial charge in [-0.3, -0.25) is 0 Å². The number of nitriles is 1. The van der Waals surface area contributed by atoms with E-state index >= 15 is 0 Å². The molecule has 0 unspecified atom stereocenters. The van der Waals surface area contributed by atoms with Gasteiger partial charge in [0.2, 0.25) is 0 Å². The highest BCUT2D eigenvalue weighted by molar-refractivity contribution is 5.78. The van der Waals surface area contributed by atoms with Gasteiger partial charge in [0, 0.05) is 22.5 Å².